The molecule has 1 unspecified atom stereocenters. The molecule has 0 spiro atoms. The van der Waals surface area contributed by atoms with Gasteiger partial charge in [0, 0.05) is 11.3 Å². The number of aryl methyl sites for hydroxylation is 1. The van der Waals surface area contributed by atoms with Crippen LogP contribution in [-0.4, -0.2) is 29.0 Å². The molecule has 1 fully saturated rings. The average Bonchev–Trinajstić information content (AvgIpc) is 3.13. The number of phenols is 1. The van der Waals surface area contributed by atoms with E-state index in [-0.39, 0.29) is 34.1 Å². The highest BCUT2D eigenvalue weighted by molar-refractivity contribution is 6.51. The van der Waals surface area contributed by atoms with Gasteiger partial charge in [0.15, 0.2) is 0 Å². The summed E-state index contributed by atoms with van der Waals surface area (Å²) in [6, 6.07) is 11.8. The van der Waals surface area contributed by atoms with Crippen molar-refractivity contribution in [1.29, 1.82) is 0 Å². The van der Waals surface area contributed by atoms with Crippen molar-refractivity contribution in [2.75, 3.05) is 12.0 Å². The molecule has 0 bridgehead atoms. The van der Waals surface area contributed by atoms with Crippen molar-refractivity contribution in [2.45, 2.75) is 38.9 Å². The largest absolute Gasteiger partial charge is 0.508 e. The molecule has 0 radical (unpaired) electrons. The summed E-state index contributed by atoms with van der Waals surface area (Å²) in [6.45, 7) is 5.56. The van der Waals surface area contributed by atoms with E-state index in [0.717, 1.165) is 28.7 Å². The van der Waals surface area contributed by atoms with Gasteiger partial charge in [-0.2, -0.15) is 13.2 Å². The number of carbonyl (C=O) groups excluding carboxylic acids is 2. The number of aromatic hydroxyl groups is 1. The minimum atomic E-state index is -4.68. The Bertz CT molecular complexity index is 1460. The standard InChI is InChI=1S/C29H26F3NO5/c1-15(2)21-14-22(16(3)11-23(21)38-4)26(35)24-25(17-7-5-10-20(34)12-17)33(28(37)27(24)36)19-9-6-8-18(13-19)29(30,31)32/h5-15,25,34-35H,1-4H3/b26-24+. The number of benzene rings is 3. The topological polar surface area (TPSA) is 87.1 Å². The molecule has 2 N–H and O–H groups in total. The molecule has 4 rings (SSSR count). The van der Waals surface area contributed by atoms with Crippen molar-refractivity contribution in [3.63, 3.8) is 0 Å². The van der Waals surface area contributed by atoms with Gasteiger partial charge in [0.2, 0.25) is 0 Å². The van der Waals surface area contributed by atoms with Crippen LogP contribution in [0.3, 0.4) is 0 Å². The number of Topliss-reactive ketones (excluding diaryl/α,β-unsaturated/α-hetero) is 1. The lowest BCUT2D eigenvalue weighted by atomic mass is 9.91. The first-order chi connectivity index (χ1) is 17.8. The number of nitrogens with zero attached hydrogens (tertiary/aromatic N) is 1. The van der Waals surface area contributed by atoms with Crippen molar-refractivity contribution in [2.24, 2.45) is 0 Å². The molecule has 1 aliphatic heterocycles. The van der Waals surface area contributed by atoms with Crippen LogP contribution in [0.5, 0.6) is 11.5 Å². The monoisotopic (exact) mass is 525 g/mol. The van der Waals surface area contributed by atoms with Gasteiger partial charge in [0.25, 0.3) is 11.7 Å². The van der Waals surface area contributed by atoms with Gasteiger partial charge in [-0.1, -0.05) is 32.0 Å². The van der Waals surface area contributed by atoms with Crippen LogP contribution in [0, 0.1) is 6.92 Å². The van der Waals surface area contributed by atoms with Gasteiger partial charge in [0.05, 0.1) is 24.3 Å². The van der Waals surface area contributed by atoms with Gasteiger partial charge in [-0.15, -0.1) is 0 Å². The number of rotatable bonds is 5. The van der Waals surface area contributed by atoms with Crippen molar-refractivity contribution < 1.29 is 37.7 Å². The number of ketones is 1. The molecule has 1 heterocycles. The van der Waals surface area contributed by atoms with Crippen LogP contribution in [-0.2, 0) is 15.8 Å². The zero-order valence-electron chi connectivity index (χ0n) is 21.1. The lowest BCUT2D eigenvalue weighted by molar-refractivity contribution is -0.137. The molecule has 0 saturated carbocycles. The number of anilines is 1. The van der Waals surface area contributed by atoms with Gasteiger partial charge < -0.3 is 14.9 Å². The highest BCUT2D eigenvalue weighted by Gasteiger charge is 2.47. The Hall–Kier alpha value is -4.27. The maximum atomic E-state index is 13.5. The zero-order chi connectivity index (χ0) is 27.9. The summed E-state index contributed by atoms with van der Waals surface area (Å²) >= 11 is 0. The first-order valence-corrected chi connectivity index (χ1v) is 11.8. The highest BCUT2D eigenvalue weighted by Crippen LogP contribution is 2.45. The fraction of sp³-hybridized carbons (Fsp3) is 0.241. The van der Waals surface area contributed by atoms with Crippen LogP contribution in [0.2, 0.25) is 0 Å². The minimum absolute atomic E-state index is 0.00788. The molecule has 3 aromatic rings. The number of methoxy groups -OCH3 is 1. The first-order valence-electron chi connectivity index (χ1n) is 11.8. The Balaban J connectivity index is 2.00. The van der Waals surface area contributed by atoms with Gasteiger partial charge >= 0.3 is 6.18 Å². The summed E-state index contributed by atoms with van der Waals surface area (Å²) < 4.78 is 45.9. The number of phenolic OH excluding ortho intramolecular Hbond substituents is 1. The van der Waals surface area contributed by atoms with E-state index in [1.165, 1.54) is 37.4 Å². The summed E-state index contributed by atoms with van der Waals surface area (Å²) in [7, 11) is 1.52. The normalized spacial score (nSPS) is 17.4. The van der Waals surface area contributed by atoms with Crippen molar-refractivity contribution >= 4 is 23.1 Å². The quantitative estimate of drug-likeness (QED) is 0.226. The number of aliphatic hydroxyl groups excluding tert-OH is 1. The molecule has 1 saturated heterocycles. The number of halogens is 3. The SMILES string of the molecule is COc1cc(C)c(/C(O)=C2\C(=O)C(=O)N(c3cccc(C(F)(F)F)c3)C2c2cccc(O)c2)cc1C(C)C. The third-order valence-electron chi connectivity index (χ3n) is 6.54. The van der Waals surface area contributed by atoms with Gasteiger partial charge in [-0.25, -0.2) is 0 Å². The smallest absolute Gasteiger partial charge is 0.416 e. The van der Waals surface area contributed by atoms with Crippen molar-refractivity contribution in [1.82, 2.24) is 0 Å². The summed E-state index contributed by atoms with van der Waals surface area (Å²) in [5.74, 6) is -2.24. The average molecular weight is 526 g/mol. The Labute approximate surface area is 217 Å². The predicted molar refractivity (Wildman–Crippen MR) is 136 cm³/mol. The number of hydrogen-bond donors (Lipinski definition) is 2. The highest BCUT2D eigenvalue weighted by atomic mass is 19.4. The molecule has 3 aromatic carbocycles. The van der Waals surface area contributed by atoms with E-state index < -0.39 is 35.2 Å². The van der Waals surface area contributed by atoms with Crippen LogP contribution in [0.1, 0.15) is 53.6 Å². The molecule has 1 atom stereocenters. The summed E-state index contributed by atoms with van der Waals surface area (Å²) in [6.07, 6.45) is -4.68. The molecule has 6 nitrogen and oxygen atoms in total. The Morgan fingerprint density at radius 2 is 1.71 bits per heavy atom. The molecule has 1 aliphatic rings. The van der Waals surface area contributed by atoms with Crippen LogP contribution >= 0.6 is 0 Å². The number of ether oxygens (including phenoxy) is 1. The number of hydrogen-bond acceptors (Lipinski definition) is 5. The van der Waals surface area contributed by atoms with Gasteiger partial charge in [-0.05, 0) is 72.0 Å². The number of amides is 1. The maximum Gasteiger partial charge on any atom is 0.416 e. The molecule has 38 heavy (non-hydrogen) atoms. The van der Waals surface area contributed by atoms with Gasteiger partial charge in [0.1, 0.15) is 17.3 Å². The zero-order valence-corrected chi connectivity index (χ0v) is 21.1. The fourth-order valence-electron chi connectivity index (χ4n) is 4.67. The van der Waals surface area contributed by atoms with Crippen LogP contribution in [0.25, 0.3) is 5.76 Å². The summed E-state index contributed by atoms with van der Waals surface area (Å²) in [5.41, 5.74) is 0.341. The lowest BCUT2D eigenvalue weighted by Gasteiger charge is -2.26. The molecule has 198 valence electrons. The Kier molecular flexibility index (Phi) is 6.97. The van der Waals surface area contributed by atoms with E-state index in [2.05, 4.69) is 0 Å². The molecule has 0 aliphatic carbocycles. The molecular formula is C29H26F3NO5. The Morgan fingerprint density at radius 3 is 2.32 bits per heavy atom. The van der Waals surface area contributed by atoms with Crippen LogP contribution < -0.4 is 9.64 Å². The predicted octanol–water partition coefficient (Wildman–Crippen LogP) is 6.48. The van der Waals surface area contributed by atoms with E-state index in [0.29, 0.717) is 11.3 Å². The van der Waals surface area contributed by atoms with Crippen LogP contribution in [0.4, 0.5) is 18.9 Å². The first kappa shape index (κ1) is 26.8. The van der Waals surface area contributed by atoms with E-state index in [4.69, 9.17) is 4.74 Å². The molecule has 1 amide bonds. The number of aliphatic hydroxyl groups is 1. The van der Waals surface area contributed by atoms with Gasteiger partial charge in [-0.3, -0.25) is 14.5 Å². The van der Waals surface area contributed by atoms with E-state index >= 15 is 0 Å². The summed E-state index contributed by atoms with van der Waals surface area (Å²) in [5, 5.41) is 21.6. The minimum Gasteiger partial charge on any atom is -0.508 e. The second kappa shape index (κ2) is 9.89. The van der Waals surface area contributed by atoms with E-state index in [1.807, 2.05) is 13.8 Å². The lowest BCUT2D eigenvalue weighted by Crippen LogP contribution is -2.29. The number of carbonyl (C=O) groups is 2. The van der Waals surface area contributed by atoms with Crippen molar-refractivity contribution in [3.8, 4) is 11.5 Å². The summed E-state index contributed by atoms with van der Waals surface area (Å²) in [4.78, 5) is 27.6. The van der Waals surface area contributed by atoms with E-state index in [1.54, 1.807) is 19.1 Å². The third kappa shape index (κ3) is 4.71. The Morgan fingerprint density at radius 1 is 1.03 bits per heavy atom. The maximum absolute atomic E-state index is 13.5. The van der Waals surface area contributed by atoms with Crippen molar-refractivity contribution in [3.05, 3.63) is 94.1 Å². The second-order valence-electron chi connectivity index (χ2n) is 9.38. The molecular weight excluding hydrogens is 499 g/mol. The molecule has 9 heteroatoms. The third-order valence-corrected chi connectivity index (χ3v) is 6.54. The van der Waals surface area contributed by atoms with Crippen LogP contribution in [0.15, 0.2) is 66.2 Å². The molecule has 0 aromatic heterocycles. The fourth-order valence-corrected chi connectivity index (χ4v) is 4.67. The van der Waals surface area contributed by atoms with E-state index in [9.17, 15) is 33.0 Å². The number of alkyl halides is 3. The second-order valence-corrected chi connectivity index (χ2v) is 9.38.